The molecule has 0 saturated heterocycles. The first-order valence-electron chi connectivity index (χ1n) is 7.08. The lowest BCUT2D eigenvalue weighted by Gasteiger charge is -2.12. The zero-order chi connectivity index (χ0) is 15.7. The largest absolute Gasteiger partial charge is 0.468 e. The Hall–Kier alpha value is -2.63. The number of carbonyl (C=O) groups is 2. The van der Waals surface area contributed by atoms with E-state index in [4.69, 9.17) is 4.74 Å². The van der Waals surface area contributed by atoms with E-state index in [1.807, 2.05) is 37.3 Å². The summed E-state index contributed by atoms with van der Waals surface area (Å²) in [6.07, 6.45) is 2.80. The van der Waals surface area contributed by atoms with E-state index < -0.39 is 11.4 Å². The fourth-order valence-electron chi connectivity index (χ4n) is 2.38. The molecule has 6 heteroatoms. The van der Waals surface area contributed by atoms with Crippen LogP contribution in [0.15, 0.2) is 36.5 Å². The first kappa shape index (κ1) is 14.3. The number of benzene rings is 1. The zero-order valence-corrected chi connectivity index (χ0v) is 12.5. The Morgan fingerprint density at radius 2 is 1.95 bits per heavy atom. The van der Waals surface area contributed by atoms with Crippen molar-refractivity contribution in [3.63, 3.8) is 0 Å². The van der Waals surface area contributed by atoms with Crippen LogP contribution in [-0.2, 0) is 14.3 Å². The summed E-state index contributed by atoms with van der Waals surface area (Å²) in [4.78, 5) is 24.1. The van der Waals surface area contributed by atoms with Gasteiger partial charge in [-0.05, 0) is 31.9 Å². The summed E-state index contributed by atoms with van der Waals surface area (Å²) in [7, 11) is 1.30. The molecular formula is C16H17N3O3. The lowest BCUT2D eigenvalue weighted by Crippen LogP contribution is -2.32. The number of nitrogens with one attached hydrogen (secondary N) is 1. The van der Waals surface area contributed by atoms with Crippen molar-refractivity contribution in [3.05, 3.63) is 42.2 Å². The maximum atomic E-state index is 12.3. The smallest absolute Gasteiger partial charge is 0.321 e. The molecule has 1 saturated carbocycles. The van der Waals surface area contributed by atoms with Gasteiger partial charge in [0.15, 0.2) is 0 Å². The highest BCUT2D eigenvalue weighted by molar-refractivity contribution is 6.11. The van der Waals surface area contributed by atoms with Gasteiger partial charge in [-0.15, -0.1) is 0 Å². The summed E-state index contributed by atoms with van der Waals surface area (Å²) in [5.41, 5.74) is 1.18. The third-order valence-electron chi connectivity index (χ3n) is 3.93. The van der Waals surface area contributed by atoms with E-state index in [0.29, 0.717) is 24.2 Å². The van der Waals surface area contributed by atoms with Gasteiger partial charge in [-0.25, -0.2) is 4.68 Å². The summed E-state index contributed by atoms with van der Waals surface area (Å²) >= 11 is 0. The van der Waals surface area contributed by atoms with Crippen molar-refractivity contribution in [2.45, 2.75) is 19.8 Å². The maximum Gasteiger partial charge on any atom is 0.321 e. The van der Waals surface area contributed by atoms with E-state index >= 15 is 0 Å². The Bertz CT molecular complexity index is 717. The van der Waals surface area contributed by atoms with Crippen LogP contribution >= 0.6 is 0 Å². The molecule has 0 bridgehead atoms. The van der Waals surface area contributed by atoms with E-state index in [0.717, 1.165) is 5.69 Å². The Labute approximate surface area is 128 Å². The van der Waals surface area contributed by atoms with Gasteiger partial charge in [-0.1, -0.05) is 18.2 Å². The SMILES string of the molecule is COC(=O)C1(C(=O)Nc2cn(-c3ccccc3)nc2C)CC1. The van der Waals surface area contributed by atoms with Gasteiger partial charge in [0.25, 0.3) is 0 Å². The summed E-state index contributed by atoms with van der Waals surface area (Å²) in [6.45, 7) is 1.81. The molecule has 0 aliphatic heterocycles. The lowest BCUT2D eigenvalue weighted by atomic mass is 10.1. The molecule has 1 heterocycles. The molecule has 1 aliphatic carbocycles. The summed E-state index contributed by atoms with van der Waals surface area (Å²) < 4.78 is 6.42. The van der Waals surface area contributed by atoms with Crippen molar-refractivity contribution in [2.75, 3.05) is 12.4 Å². The molecule has 3 rings (SSSR count). The fourth-order valence-corrected chi connectivity index (χ4v) is 2.38. The van der Waals surface area contributed by atoms with Crippen LogP contribution in [-0.4, -0.2) is 28.8 Å². The average Bonchev–Trinajstić information content (AvgIpc) is 3.28. The van der Waals surface area contributed by atoms with Crippen molar-refractivity contribution in [3.8, 4) is 5.69 Å². The van der Waals surface area contributed by atoms with Gasteiger partial charge >= 0.3 is 5.97 Å². The van der Waals surface area contributed by atoms with Crippen molar-refractivity contribution in [1.82, 2.24) is 9.78 Å². The van der Waals surface area contributed by atoms with Gasteiger partial charge in [0.2, 0.25) is 5.91 Å². The van der Waals surface area contributed by atoms with E-state index in [9.17, 15) is 9.59 Å². The van der Waals surface area contributed by atoms with Crippen LogP contribution in [0.2, 0.25) is 0 Å². The minimum Gasteiger partial charge on any atom is -0.468 e. The maximum absolute atomic E-state index is 12.3. The molecule has 114 valence electrons. The molecular weight excluding hydrogens is 282 g/mol. The third kappa shape index (κ3) is 2.36. The monoisotopic (exact) mass is 299 g/mol. The van der Waals surface area contributed by atoms with Crippen LogP contribution in [0.4, 0.5) is 5.69 Å². The number of ether oxygens (including phenoxy) is 1. The highest BCUT2D eigenvalue weighted by Gasteiger charge is 2.57. The molecule has 0 atom stereocenters. The minimum atomic E-state index is -1.02. The standard InChI is InChI=1S/C16H17N3O3/c1-11-13(10-19(18-11)12-6-4-3-5-7-12)17-14(20)16(8-9-16)15(21)22-2/h3-7,10H,8-9H2,1-2H3,(H,17,20). The summed E-state index contributed by atoms with van der Waals surface area (Å²) in [5.74, 6) is -0.798. The number of nitrogens with zero attached hydrogens (tertiary/aromatic N) is 2. The molecule has 1 aromatic heterocycles. The molecule has 6 nitrogen and oxygen atoms in total. The minimum absolute atomic E-state index is 0.324. The molecule has 0 unspecified atom stereocenters. The first-order chi connectivity index (χ1) is 10.6. The topological polar surface area (TPSA) is 73.2 Å². The second kappa shape index (κ2) is 5.29. The molecule has 22 heavy (non-hydrogen) atoms. The number of amides is 1. The van der Waals surface area contributed by atoms with Gasteiger partial charge in [0.05, 0.1) is 30.4 Å². The van der Waals surface area contributed by atoms with Crippen LogP contribution in [0, 0.1) is 12.3 Å². The number of rotatable bonds is 4. The van der Waals surface area contributed by atoms with Crippen molar-refractivity contribution in [2.24, 2.45) is 5.41 Å². The van der Waals surface area contributed by atoms with Crippen LogP contribution in [0.25, 0.3) is 5.69 Å². The van der Waals surface area contributed by atoms with Crippen LogP contribution in [0.3, 0.4) is 0 Å². The molecule has 1 aliphatic rings. The van der Waals surface area contributed by atoms with Crippen LogP contribution < -0.4 is 5.32 Å². The third-order valence-corrected chi connectivity index (χ3v) is 3.93. The highest BCUT2D eigenvalue weighted by atomic mass is 16.5. The summed E-state index contributed by atoms with van der Waals surface area (Å²) in [5, 5.41) is 7.18. The molecule has 0 radical (unpaired) electrons. The number of carbonyl (C=O) groups excluding carboxylic acids is 2. The molecule has 1 fully saturated rings. The van der Waals surface area contributed by atoms with Crippen molar-refractivity contribution in [1.29, 1.82) is 0 Å². The lowest BCUT2D eigenvalue weighted by molar-refractivity contribution is -0.150. The molecule has 1 amide bonds. The Morgan fingerprint density at radius 1 is 1.27 bits per heavy atom. The summed E-state index contributed by atoms with van der Waals surface area (Å²) in [6, 6.07) is 9.61. The van der Waals surface area contributed by atoms with Gasteiger partial charge in [-0.2, -0.15) is 5.10 Å². The van der Waals surface area contributed by atoms with E-state index in [1.54, 1.807) is 10.9 Å². The number of hydrogen-bond donors (Lipinski definition) is 1. The predicted molar refractivity (Wildman–Crippen MR) is 80.6 cm³/mol. The number of aryl methyl sites for hydroxylation is 1. The van der Waals surface area contributed by atoms with E-state index in [-0.39, 0.29) is 5.91 Å². The van der Waals surface area contributed by atoms with Gasteiger partial charge < -0.3 is 10.1 Å². The Morgan fingerprint density at radius 3 is 2.55 bits per heavy atom. The molecule has 0 spiro atoms. The van der Waals surface area contributed by atoms with Gasteiger partial charge in [-0.3, -0.25) is 9.59 Å². The first-order valence-corrected chi connectivity index (χ1v) is 7.08. The molecule has 1 N–H and O–H groups in total. The number of hydrogen-bond acceptors (Lipinski definition) is 4. The van der Waals surface area contributed by atoms with Crippen LogP contribution in [0.1, 0.15) is 18.5 Å². The molecule has 1 aromatic carbocycles. The second-order valence-electron chi connectivity index (χ2n) is 5.44. The zero-order valence-electron chi connectivity index (χ0n) is 12.5. The number of anilines is 1. The van der Waals surface area contributed by atoms with E-state index in [2.05, 4.69) is 10.4 Å². The predicted octanol–water partition coefficient (Wildman–Crippen LogP) is 2.07. The number of esters is 1. The quantitative estimate of drug-likeness (QED) is 0.693. The van der Waals surface area contributed by atoms with Gasteiger partial charge in [0, 0.05) is 0 Å². The second-order valence-corrected chi connectivity index (χ2v) is 5.44. The number of aromatic nitrogens is 2. The average molecular weight is 299 g/mol. The van der Waals surface area contributed by atoms with Crippen molar-refractivity contribution >= 4 is 17.6 Å². The Balaban J connectivity index is 1.81. The Kier molecular flexibility index (Phi) is 3.44. The molecule has 2 aromatic rings. The normalized spacial score (nSPS) is 15.2. The fraction of sp³-hybridized carbons (Fsp3) is 0.312. The number of methoxy groups -OCH3 is 1. The highest BCUT2D eigenvalue weighted by Crippen LogP contribution is 2.47. The van der Waals surface area contributed by atoms with Crippen molar-refractivity contribution < 1.29 is 14.3 Å². The van der Waals surface area contributed by atoms with E-state index in [1.165, 1.54) is 7.11 Å². The van der Waals surface area contributed by atoms with Gasteiger partial charge in [0.1, 0.15) is 5.41 Å². The van der Waals surface area contributed by atoms with Crippen LogP contribution in [0.5, 0.6) is 0 Å². The number of para-hydroxylation sites is 1.